The van der Waals surface area contributed by atoms with Gasteiger partial charge in [-0.15, -0.1) is 0 Å². The summed E-state index contributed by atoms with van der Waals surface area (Å²) in [6.07, 6.45) is 0. The fraction of sp³-hybridized carbons (Fsp3) is 0.227. The van der Waals surface area contributed by atoms with Crippen LogP contribution < -0.4 is 10.1 Å². The first-order valence-electron chi connectivity index (χ1n) is 9.38. The van der Waals surface area contributed by atoms with E-state index in [1.54, 1.807) is 49.4 Å². The number of furan rings is 1. The monoisotopic (exact) mass is 489 g/mol. The Morgan fingerprint density at radius 2 is 1.81 bits per heavy atom. The van der Waals surface area contributed by atoms with Crippen molar-refractivity contribution in [1.29, 1.82) is 0 Å². The highest BCUT2D eigenvalue weighted by atomic mass is 79.9. The third-order valence-electron chi connectivity index (χ3n) is 4.34. The van der Waals surface area contributed by atoms with Gasteiger partial charge in [0.25, 0.3) is 5.91 Å². The van der Waals surface area contributed by atoms with Crippen molar-refractivity contribution in [3.05, 3.63) is 63.8 Å². The minimum Gasteiger partial charge on any atom is -0.497 e. The molecule has 3 rings (SSSR count). The summed E-state index contributed by atoms with van der Waals surface area (Å²) >= 11 is 3.37. The van der Waals surface area contributed by atoms with Gasteiger partial charge in [-0.2, -0.15) is 0 Å². The van der Waals surface area contributed by atoms with Gasteiger partial charge in [0.1, 0.15) is 24.5 Å². The predicted octanol–water partition coefficient (Wildman–Crippen LogP) is 3.85. The standard InChI is InChI=1S/C22H20BrNO7/c1-3-29-22(27)20-17(16-10-14(23)6-9-18(16)31-20)12-30-19(25)11-24-21(26)13-4-7-15(28-2)8-5-13/h4-10H,3,11-12H2,1-2H3,(H,24,26). The van der Waals surface area contributed by atoms with Gasteiger partial charge in [-0.25, -0.2) is 4.79 Å². The summed E-state index contributed by atoms with van der Waals surface area (Å²) in [7, 11) is 1.53. The third kappa shape index (κ3) is 5.43. The molecule has 0 saturated heterocycles. The summed E-state index contributed by atoms with van der Waals surface area (Å²) in [6.45, 7) is 1.31. The van der Waals surface area contributed by atoms with Crippen molar-refractivity contribution in [3.63, 3.8) is 0 Å². The van der Waals surface area contributed by atoms with Crippen LogP contribution in [0.25, 0.3) is 11.0 Å². The molecule has 0 aliphatic heterocycles. The molecule has 0 unspecified atom stereocenters. The molecule has 31 heavy (non-hydrogen) atoms. The number of fused-ring (bicyclic) bond motifs is 1. The highest BCUT2D eigenvalue weighted by Crippen LogP contribution is 2.30. The molecule has 9 heteroatoms. The van der Waals surface area contributed by atoms with Crippen molar-refractivity contribution < 1.29 is 33.0 Å². The van der Waals surface area contributed by atoms with Crippen LogP contribution in [-0.2, 0) is 20.9 Å². The van der Waals surface area contributed by atoms with Crippen LogP contribution >= 0.6 is 15.9 Å². The quantitative estimate of drug-likeness (QED) is 0.479. The molecule has 2 aromatic carbocycles. The lowest BCUT2D eigenvalue weighted by atomic mass is 10.1. The number of esters is 2. The lowest BCUT2D eigenvalue weighted by molar-refractivity contribution is -0.143. The molecule has 8 nitrogen and oxygen atoms in total. The fourth-order valence-corrected chi connectivity index (χ4v) is 3.19. The maximum absolute atomic E-state index is 12.2. The fourth-order valence-electron chi connectivity index (χ4n) is 2.83. The van der Waals surface area contributed by atoms with Crippen molar-refractivity contribution in [2.45, 2.75) is 13.5 Å². The summed E-state index contributed by atoms with van der Waals surface area (Å²) in [6, 6.07) is 11.7. The van der Waals surface area contributed by atoms with Crippen LogP contribution in [0.1, 0.15) is 33.4 Å². The zero-order valence-electron chi connectivity index (χ0n) is 16.9. The second kappa shape index (κ2) is 10.1. The molecule has 1 heterocycles. The topological polar surface area (TPSA) is 104 Å². The van der Waals surface area contributed by atoms with Gasteiger partial charge >= 0.3 is 11.9 Å². The lowest BCUT2D eigenvalue weighted by Gasteiger charge is -2.08. The van der Waals surface area contributed by atoms with Crippen LogP contribution in [0.2, 0.25) is 0 Å². The van der Waals surface area contributed by atoms with Crippen LogP contribution in [-0.4, -0.2) is 38.1 Å². The number of halogens is 1. The van der Waals surface area contributed by atoms with Gasteiger partial charge in [0.05, 0.1) is 19.3 Å². The third-order valence-corrected chi connectivity index (χ3v) is 4.83. The molecule has 0 spiro atoms. The van der Waals surface area contributed by atoms with E-state index >= 15 is 0 Å². The minimum absolute atomic E-state index is 0.0231. The van der Waals surface area contributed by atoms with Gasteiger partial charge < -0.3 is 23.9 Å². The number of ether oxygens (including phenoxy) is 3. The van der Waals surface area contributed by atoms with E-state index in [9.17, 15) is 14.4 Å². The number of carbonyl (C=O) groups excluding carboxylic acids is 3. The van der Waals surface area contributed by atoms with Crippen molar-refractivity contribution >= 4 is 44.7 Å². The Morgan fingerprint density at radius 1 is 1.06 bits per heavy atom. The number of benzene rings is 2. The highest BCUT2D eigenvalue weighted by Gasteiger charge is 2.23. The lowest BCUT2D eigenvalue weighted by Crippen LogP contribution is -2.30. The molecular formula is C22H20BrNO7. The molecule has 1 amide bonds. The summed E-state index contributed by atoms with van der Waals surface area (Å²) in [5, 5.41) is 3.11. The summed E-state index contributed by atoms with van der Waals surface area (Å²) in [4.78, 5) is 36.6. The minimum atomic E-state index is -0.666. The Bertz CT molecular complexity index is 1100. The van der Waals surface area contributed by atoms with E-state index in [0.29, 0.717) is 27.8 Å². The Hall–Kier alpha value is -3.33. The van der Waals surface area contributed by atoms with E-state index in [0.717, 1.165) is 4.47 Å². The number of carbonyl (C=O) groups is 3. The Labute approximate surface area is 186 Å². The van der Waals surface area contributed by atoms with Crippen molar-refractivity contribution in [1.82, 2.24) is 5.32 Å². The van der Waals surface area contributed by atoms with E-state index in [4.69, 9.17) is 18.6 Å². The number of nitrogens with one attached hydrogen (secondary N) is 1. The summed E-state index contributed by atoms with van der Waals surface area (Å²) in [5.74, 6) is -1.14. The zero-order chi connectivity index (χ0) is 22.4. The smallest absolute Gasteiger partial charge is 0.374 e. The van der Waals surface area contributed by atoms with Gasteiger partial charge in [0.2, 0.25) is 5.76 Å². The van der Waals surface area contributed by atoms with E-state index in [1.807, 2.05) is 0 Å². The highest BCUT2D eigenvalue weighted by molar-refractivity contribution is 9.10. The molecule has 0 radical (unpaired) electrons. The Morgan fingerprint density at radius 3 is 2.48 bits per heavy atom. The van der Waals surface area contributed by atoms with E-state index in [-0.39, 0.29) is 25.5 Å². The molecule has 1 N–H and O–H groups in total. The van der Waals surface area contributed by atoms with Crippen LogP contribution in [0.5, 0.6) is 5.75 Å². The average molecular weight is 490 g/mol. The number of rotatable bonds is 8. The van der Waals surface area contributed by atoms with Gasteiger partial charge in [0, 0.05) is 15.4 Å². The van der Waals surface area contributed by atoms with Crippen LogP contribution in [0, 0.1) is 0 Å². The molecular weight excluding hydrogens is 470 g/mol. The zero-order valence-corrected chi connectivity index (χ0v) is 18.5. The van der Waals surface area contributed by atoms with Gasteiger partial charge in [-0.1, -0.05) is 15.9 Å². The first-order valence-corrected chi connectivity index (χ1v) is 10.2. The Balaban J connectivity index is 1.66. The van der Waals surface area contributed by atoms with Gasteiger partial charge in [-0.3, -0.25) is 9.59 Å². The molecule has 0 aliphatic carbocycles. The number of amides is 1. The maximum Gasteiger partial charge on any atom is 0.374 e. The normalized spacial score (nSPS) is 10.5. The second-order valence-electron chi connectivity index (χ2n) is 6.34. The number of methoxy groups -OCH3 is 1. The first kappa shape index (κ1) is 22.4. The molecule has 0 fully saturated rings. The number of hydrogen-bond donors (Lipinski definition) is 1. The predicted molar refractivity (Wildman–Crippen MR) is 115 cm³/mol. The van der Waals surface area contributed by atoms with E-state index < -0.39 is 17.8 Å². The van der Waals surface area contributed by atoms with Crippen molar-refractivity contribution in [2.24, 2.45) is 0 Å². The molecule has 0 bridgehead atoms. The second-order valence-corrected chi connectivity index (χ2v) is 7.26. The molecule has 3 aromatic rings. The van der Waals surface area contributed by atoms with Crippen LogP contribution in [0.3, 0.4) is 0 Å². The van der Waals surface area contributed by atoms with Gasteiger partial charge in [-0.05, 0) is 49.4 Å². The van der Waals surface area contributed by atoms with Crippen molar-refractivity contribution in [2.75, 3.05) is 20.3 Å². The molecule has 0 atom stereocenters. The van der Waals surface area contributed by atoms with E-state index in [1.165, 1.54) is 7.11 Å². The summed E-state index contributed by atoms with van der Waals surface area (Å²) < 4.78 is 21.7. The largest absolute Gasteiger partial charge is 0.497 e. The number of hydrogen-bond acceptors (Lipinski definition) is 7. The maximum atomic E-state index is 12.2. The first-order chi connectivity index (χ1) is 14.9. The molecule has 1 aromatic heterocycles. The van der Waals surface area contributed by atoms with E-state index in [2.05, 4.69) is 21.2 Å². The Kier molecular flexibility index (Phi) is 7.30. The molecule has 0 aliphatic rings. The molecule has 162 valence electrons. The average Bonchev–Trinajstić information content (AvgIpc) is 3.14. The summed E-state index contributed by atoms with van der Waals surface area (Å²) in [5.41, 5.74) is 1.23. The SMILES string of the molecule is CCOC(=O)c1oc2ccc(Br)cc2c1COC(=O)CNC(=O)c1ccc(OC)cc1. The van der Waals surface area contributed by atoms with Crippen LogP contribution in [0.15, 0.2) is 51.4 Å². The van der Waals surface area contributed by atoms with Crippen molar-refractivity contribution in [3.8, 4) is 5.75 Å². The molecule has 0 saturated carbocycles. The van der Waals surface area contributed by atoms with Gasteiger partial charge in [0.15, 0.2) is 0 Å². The van der Waals surface area contributed by atoms with Crippen LogP contribution in [0.4, 0.5) is 0 Å².